The number of hydrogen-bond donors (Lipinski definition) is 1. The molecule has 1 atom stereocenters. The van der Waals surface area contributed by atoms with Crippen LogP contribution in [0.3, 0.4) is 0 Å². The maximum Gasteiger partial charge on any atom is 0.274 e. The predicted octanol–water partition coefficient (Wildman–Crippen LogP) is 1.77. The second-order valence-electron chi connectivity index (χ2n) is 6.61. The third-order valence-corrected chi connectivity index (χ3v) is 3.82. The third kappa shape index (κ3) is 2.87. The molecule has 1 amide bonds. The van der Waals surface area contributed by atoms with Gasteiger partial charge in [-0.3, -0.25) is 9.48 Å². The van der Waals surface area contributed by atoms with Gasteiger partial charge in [0.15, 0.2) is 5.69 Å². The maximum absolute atomic E-state index is 12.6. The summed E-state index contributed by atoms with van der Waals surface area (Å²) in [6.45, 7) is 9.99. The Morgan fingerprint density at radius 2 is 2.20 bits per heavy atom. The summed E-state index contributed by atoms with van der Waals surface area (Å²) in [6, 6.07) is 2.20. The third-order valence-electron chi connectivity index (χ3n) is 3.82. The standard InChI is InChI=1S/C15H26N4O/c1-11-9-13(17-19(11)15(2,3)4)14(20)18-8-6-7-12(18)10-16-5/h9,12,16H,6-8,10H2,1-5H3. The summed E-state index contributed by atoms with van der Waals surface area (Å²) >= 11 is 0. The van der Waals surface area contributed by atoms with Crippen LogP contribution in [0.25, 0.3) is 0 Å². The number of likely N-dealkylation sites (tertiary alicyclic amines) is 1. The van der Waals surface area contributed by atoms with Crippen molar-refractivity contribution in [3.8, 4) is 0 Å². The van der Waals surface area contributed by atoms with Crippen molar-refractivity contribution in [2.75, 3.05) is 20.1 Å². The SMILES string of the molecule is CNCC1CCCN1C(=O)c1cc(C)n(C(C)(C)C)n1. The fourth-order valence-electron chi connectivity index (χ4n) is 2.96. The van der Waals surface area contributed by atoms with Crippen molar-refractivity contribution in [3.63, 3.8) is 0 Å². The maximum atomic E-state index is 12.6. The van der Waals surface area contributed by atoms with E-state index in [1.165, 1.54) is 0 Å². The second kappa shape index (κ2) is 5.56. The highest BCUT2D eigenvalue weighted by Crippen LogP contribution is 2.22. The molecule has 1 fully saturated rings. The number of hydrogen-bond acceptors (Lipinski definition) is 3. The van der Waals surface area contributed by atoms with Gasteiger partial charge < -0.3 is 10.2 Å². The molecular weight excluding hydrogens is 252 g/mol. The Labute approximate surface area is 121 Å². The lowest BCUT2D eigenvalue weighted by molar-refractivity contribution is 0.0729. The van der Waals surface area contributed by atoms with E-state index in [0.29, 0.717) is 11.7 Å². The molecule has 20 heavy (non-hydrogen) atoms. The summed E-state index contributed by atoms with van der Waals surface area (Å²) in [7, 11) is 1.93. The normalized spacial score (nSPS) is 19.6. The van der Waals surface area contributed by atoms with Crippen molar-refractivity contribution in [2.24, 2.45) is 0 Å². The van der Waals surface area contributed by atoms with Crippen molar-refractivity contribution in [2.45, 2.75) is 52.1 Å². The number of carbonyl (C=O) groups excluding carboxylic acids is 1. The fraction of sp³-hybridized carbons (Fsp3) is 0.733. The minimum absolute atomic E-state index is 0.0638. The van der Waals surface area contributed by atoms with Crippen molar-refractivity contribution < 1.29 is 4.79 Å². The Kier molecular flexibility index (Phi) is 4.18. The van der Waals surface area contributed by atoms with E-state index in [-0.39, 0.29) is 11.4 Å². The molecule has 0 bridgehead atoms. The van der Waals surface area contributed by atoms with Crippen LogP contribution in [0.4, 0.5) is 0 Å². The van der Waals surface area contributed by atoms with Gasteiger partial charge in [-0.05, 0) is 53.7 Å². The molecule has 2 rings (SSSR count). The Balaban J connectivity index is 2.21. The van der Waals surface area contributed by atoms with Gasteiger partial charge in [0.25, 0.3) is 5.91 Å². The average molecular weight is 278 g/mol. The molecule has 5 heteroatoms. The Morgan fingerprint density at radius 3 is 2.75 bits per heavy atom. The number of nitrogens with one attached hydrogen (secondary N) is 1. The van der Waals surface area contributed by atoms with Gasteiger partial charge in [-0.15, -0.1) is 0 Å². The quantitative estimate of drug-likeness (QED) is 0.917. The first-order chi connectivity index (χ1) is 9.34. The lowest BCUT2D eigenvalue weighted by atomic mass is 10.1. The molecule has 0 saturated carbocycles. The lowest BCUT2D eigenvalue weighted by Crippen LogP contribution is -2.41. The Bertz CT molecular complexity index is 487. The first-order valence-electron chi connectivity index (χ1n) is 7.37. The zero-order valence-electron chi connectivity index (χ0n) is 13.2. The summed E-state index contributed by atoms with van der Waals surface area (Å²) in [6.07, 6.45) is 2.16. The van der Waals surface area contributed by atoms with Gasteiger partial charge in [0.1, 0.15) is 0 Å². The lowest BCUT2D eigenvalue weighted by Gasteiger charge is -2.24. The number of rotatable bonds is 3. The van der Waals surface area contributed by atoms with Crippen LogP contribution in [0.5, 0.6) is 0 Å². The summed E-state index contributed by atoms with van der Waals surface area (Å²) in [5.74, 6) is 0.0638. The number of carbonyl (C=O) groups is 1. The van der Waals surface area contributed by atoms with E-state index in [0.717, 1.165) is 31.6 Å². The van der Waals surface area contributed by atoms with E-state index in [2.05, 4.69) is 31.2 Å². The topological polar surface area (TPSA) is 50.2 Å². The molecule has 5 nitrogen and oxygen atoms in total. The summed E-state index contributed by atoms with van der Waals surface area (Å²) in [5, 5.41) is 7.69. The summed E-state index contributed by atoms with van der Waals surface area (Å²) in [5.41, 5.74) is 1.50. The number of aromatic nitrogens is 2. The van der Waals surface area contributed by atoms with Crippen LogP contribution in [0.15, 0.2) is 6.07 Å². The summed E-state index contributed by atoms with van der Waals surface area (Å²) in [4.78, 5) is 14.6. The molecule has 1 unspecified atom stereocenters. The molecule has 1 saturated heterocycles. The van der Waals surface area contributed by atoms with Crippen LogP contribution in [-0.4, -0.2) is 46.8 Å². The van der Waals surface area contributed by atoms with Crippen LogP contribution in [0.2, 0.25) is 0 Å². The molecule has 1 N–H and O–H groups in total. The van der Waals surface area contributed by atoms with Gasteiger partial charge in [0.2, 0.25) is 0 Å². The molecule has 0 aromatic carbocycles. The minimum atomic E-state index is -0.0992. The van der Waals surface area contributed by atoms with E-state index in [1.54, 1.807) is 0 Å². The van der Waals surface area contributed by atoms with Crippen LogP contribution in [-0.2, 0) is 5.54 Å². The van der Waals surface area contributed by atoms with E-state index >= 15 is 0 Å². The number of likely N-dealkylation sites (N-methyl/N-ethyl adjacent to an activating group) is 1. The highest BCUT2D eigenvalue weighted by atomic mass is 16.2. The molecule has 0 radical (unpaired) electrons. The van der Waals surface area contributed by atoms with E-state index < -0.39 is 0 Å². The monoisotopic (exact) mass is 278 g/mol. The van der Waals surface area contributed by atoms with Crippen LogP contribution in [0.1, 0.15) is 49.8 Å². The zero-order chi connectivity index (χ0) is 14.9. The van der Waals surface area contributed by atoms with Crippen LogP contribution >= 0.6 is 0 Å². The average Bonchev–Trinajstić information content (AvgIpc) is 2.94. The van der Waals surface area contributed by atoms with Crippen molar-refractivity contribution >= 4 is 5.91 Å². The molecule has 1 aromatic heterocycles. The zero-order valence-corrected chi connectivity index (χ0v) is 13.2. The van der Waals surface area contributed by atoms with Crippen LogP contribution in [0, 0.1) is 6.92 Å². The van der Waals surface area contributed by atoms with Crippen molar-refractivity contribution in [1.82, 2.24) is 20.0 Å². The van der Waals surface area contributed by atoms with Gasteiger partial charge in [-0.2, -0.15) is 5.10 Å². The van der Waals surface area contributed by atoms with Gasteiger partial charge in [0, 0.05) is 24.8 Å². The molecular formula is C15H26N4O. The molecule has 2 heterocycles. The number of amides is 1. The number of nitrogens with zero attached hydrogens (tertiary/aromatic N) is 3. The van der Waals surface area contributed by atoms with E-state index in [4.69, 9.17) is 0 Å². The van der Waals surface area contributed by atoms with Gasteiger partial charge in [-0.1, -0.05) is 0 Å². The molecule has 0 aliphatic carbocycles. The fourth-order valence-corrected chi connectivity index (χ4v) is 2.96. The highest BCUT2D eigenvalue weighted by Gasteiger charge is 2.31. The summed E-state index contributed by atoms with van der Waals surface area (Å²) < 4.78 is 1.93. The van der Waals surface area contributed by atoms with E-state index in [1.807, 2.05) is 29.6 Å². The number of aryl methyl sites for hydroxylation is 1. The van der Waals surface area contributed by atoms with Gasteiger partial charge >= 0.3 is 0 Å². The van der Waals surface area contributed by atoms with Crippen molar-refractivity contribution in [1.29, 1.82) is 0 Å². The molecule has 1 aromatic rings. The molecule has 0 spiro atoms. The Morgan fingerprint density at radius 1 is 1.50 bits per heavy atom. The van der Waals surface area contributed by atoms with Crippen molar-refractivity contribution in [3.05, 3.63) is 17.5 Å². The Hall–Kier alpha value is -1.36. The van der Waals surface area contributed by atoms with Crippen LogP contribution < -0.4 is 5.32 Å². The first kappa shape index (κ1) is 15.0. The smallest absolute Gasteiger partial charge is 0.274 e. The molecule has 1 aliphatic rings. The van der Waals surface area contributed by atoms with E-state index in [9.17, 15) is 4.79 Å². The first-order valence-corrected chi connectivity index (χ1v) is 7.37. The second-order valence-corrected chi connectivity index (χ2v) is 6.61. The molecule has 1 aliphatic heterocycles. The van der Waals surface area contributed by atoms with Gasteiger partial charge in [-0.25, -0.2) is 0 Å². The minimum Gasteiger partial charge on any atom is -0.333 e. The van der Waals surface area contributed by atoms with Gasteiger partial charge in [0.05, 0.1) is 5.54 Å². The predicted molar refractivity (Wildman–Crippen MR) is 79.9 cm³/mol. The highest BCUT2D eigenvalue weighted by molar-refractivity contribution is 5.92. The largest absolute Gasteiger partial charge is 0.333 e. The molecule has 112 valence electrons.